The number of nitrogens with one attached hydrogen (secondary N) is 1. The number of amides is 2. The highest BCUT2D eigenvalue weighted by Gasteiger charge is 2.32. The molecule has 3 rings (SSSR count). The molecule has 1 saturated heterocycles. The number of carbonyl (C=O) groups excluding carboxylic acids is 2. The Morgan fingerprint density at radius 3 is 2.52 bits per heavy atom. The molecule has 1 fully saturated rings. The normalized spacial score (nSPS) is 17.0. The van der Waals surface area contributed by atoms with Crippen molar-refractivity contribution in [3.8, 4) is 0 Å². The average molecular weight is 375 g/mol. The van der Waals surface area contributed by atoms with Gasteiger partial charge < -0.3 is 10.2 Å². The molecule has 0 saturated carbocycles. The highest BCUT2D eigenvalue weighted by molar-refractivity contribution is 8.00. The molecule has 1 aliphatic heterocycles. The number of nitrogens with zero attached hydrogens (tertiary/aromatic N) is 1. The molecule has 1 atom stereocenters. The lowest BCUT2D eigenvalue weighted by Gasteiger charge is -2.24. The van der Waals surface area contributed by atoms with Gasteiger partial charge in [0.1, 0.15) is 5.37 Å². The van der Waals surface area contributed by atoms with E-state index in [1.165, 1.54) is 6.92 Å². The Balaban J connectivity index is 1.68. The second-order valence-corrected chi connectivity index (χ2v) is 7.44. The zero-order valence-corrected chi connectivity index (χ0v) is 15.4. The van der Waals surface area contributed by atoms with Crippen molar-refractivity contribution in [2.24, 2.45) is 0 Å². The van der Waals surface area contributed by atoms with Gasteiger partial charge in [0.15, 0.2) is 0 Å². The second kappa shape index (κ2) is 7.93. The van der Waals surface area contributed by atoms with Gasteiger partial charge in [0.25, 0.3) is 0 Å². The zero-order valence-electron chi connectivity index (χ0n) is 13.9. The first-order valence-corrected chi connectivity index (χ1v) is 9.48. The zero-order chi connectivity index (χ0) is 17.8. The van der Waals surface area contributed by atoms with Crippen molar-refractivity contribution in [3.05, 3.63) is 64.7 Å². The van der Waals surface area contributed by atoms with Crippen LogP contribution in [0.4, 0.5) is 5.69 Å². The predicted molar refractivity (Wildman–Crippen MR) is 103 cm³/mol. The van der Waals surface area contributed by atoms with Crippen molar-refractivity contribution in [2.45, 2.75) is 18.7 Å². The SMILES string of the molecule is CC(=O)Nc1ccc(C2SCC(=O)N2CCc2ccc(Cl)cc2)cc1. The van der Waals surface area contributed by atoms with Gasteiger partial charge in [-0.1, -0.05) is 35.9 Å². The van der Waals surface area contributed by atoms with Gasteiger partial charge in [-0.05, 0) is 41.8 Å². The summed E-state index contributed by atoms with van der Waals surface area (Å²) in [7, 11) is 0. The molecule has 0 radical (unpaired) electrons. The van der Waals surface area contributed by atoms with Gasteiger partial charge in [0.05, 0.1) is 5.75 Å². The van der Waals surface area contributed by atoms with Crippen molar-refractivity contribution in [3.63, 3.8) is 0 Å². The van der Waals surface area contributed by atoms with E-state index >= 15 is 0 Å². The van der Waals surface area contributed by atoms with Crippen LogP contribution in [0.3, 0.4) is 0 Å². The summed E-state index contributed by atoms with van der Waals surface area (Å²) in [5.74, 6) is 0.566. The Hall–Kier alpha value is -1.98. The molecule has 0 aromatic heterocycles. The lowest BCUT2D eigenvalue weighted by molar-refractivity contribution is -0.128. The van der Waals surface area contributed by atoms with E-state index < -0.39 is 0 Å². The van der Waals surface area contributed by atoms with Crippen LogP contribution >= 0.6 is 23.4 Å². The first-order chi connectivity index (χ1) is 12.0. The first kappa shape index (κ1) is 17.8. The fourth-order valence-corrected chi connectivity index (χ4v) is 4.15. The van der Waals surface area contributed by atoms with Crippen LogP contribution in [0.1, 0.15) is 23.4 Å². The summed E-state index contributed by atoms with van der Waals surface area (Å²) < 4.78 is 0. The predicted octanol–water partition coefficient (Wildman–Crippen LogP) is 4.12. The van der Waals surface area contributed by atoms with Crippen LogP contribution in [0.25, 0.3) is 0 Å². The van der Waals surface area contributed by atoms with Crippen LogP contribution < -0.4 is 5.32 Å². The van der Waals surface area contributed by atoms with Gasteiger partial charge in [-0.3, -0.25) is 9.59 Å². The smallest absolute Gasteiger partial charge is 0.233 e. The minimum absolute atomic E-state index is 0.0196. The lowest BCUT2D eigenvalue weighted by atomic mass is 10.1. The standard InChI is InChI=1S/C19H19ClN2O2S/c1-13(23)21-17-8-4-15(5-9-17)19-22(18(24)12-25-19)11-10-14-2-6-16(20)7-3-14/h2-9,19H,10-12H2,1H3,(H,21,23). The quantitative estimate of drug-likeness (QED) is 0.856. The minimum atomic E-state index is -0.0947. The maximum atomic E-state index is 12.3. The summed E-state index contributed by atoms with van der Waals surface area (Å²) in [6.45, 7) is 2.16. The third kappa shape index (κ3) is 4.55. The van der Waals surface area contributed by atoms with E-state index in [4.69, 9.17) is 11.6 Å². The van der Waals surface area contributed by atoms with Gasteiger partial charge in [-0.25, -0.2) is 0 Å². The Morgan fingerprint density at radius 1 is 1.20 bits per heavy atom. The molecule has 1 heterocycles. The van der Waals surface area contributed by atoms with E-state index in [0.717, 1.165) is 23.2 Å². The van der Waals surface area contributed by atoms with Crippen molar-refractivity contribution < 1.29 is 9.59 Å². The third-order valence-electron chi connectivity index (χ3n) is 4.04. The van der Waals surface area contributed by atoms with Crippen LogP contribution in [0.5, 0.6) is 0 Å². The van der Waals surface area contributed by atoms with E-state index in [2.05, 4.69) is 5.32 Å². The third-order valence-corrected chi connectivity index (χ3v) is 5.55. The fraction of sp³-hybridized carbons (Fsp3) is 0.263. The summed E-state index contributed by atoms with van der Waals surface area (Å²) >= 11 is 7.55. The molecule has 130 valence electrons. The molecule has 4 nitrogen and oxygen atoms in total. The van der Waals surface area contributed by atoms with Crippen LogP contribution in [0.15, 0.2) is 48.5 Å². The summed E-state index contributed by atoms with van der Waals surface area (Å²) in [6, 6.07) is 15.4. The van der Waals surface area contributed by atoms with E-state index in [-0.39, 0.29) is 17.2 Å². The molecular formula is C19H19ClN2O2S. The Bertz CT molecular complexity index is 762. The Kier molecular flexibility index (Phi) is 5.66. The van der Waals surface area contributed by atoms with Crippen molar-refractivity contribution in [1.29, 1.82) is 0 Å². The van der Waals surface area contributed by atoms with Crippen molar-refractivity contribution >= 4 is 40.9 Å². The summed E-state index contributed by atoms with van der Waals surface area (Å²) in [5, 5.41) is 3.49. The molecule has 2 aromatic rings. The number of carbonyl (C=O) groups is 2. The highest BCUT2D eigenvalue weighted by atomic mass is 35.5. The maximum absolute atomic E-state index is 12.3. The minimum Gasteiger partial charge on any atom is -0.326 e. The molecule has 2 aromatic carbocycles. The number of hydrogen-bond acceptors (Lipinski definition) is 3. The molecule has 0 bridgehead atoms. The van der Waals surface area contributed by atoms with Gasteiger partial charge in [0.2, 0.25) is 11.8 Å². The number of halogens is 1. The van der Waals surface area contributed by atoms with Gasteiger partial charge in [-0.15, -0.1) is 11.8 Å². The monoisotopic (exact) mass is 374 g/mol. The number of hydrogen-bond donors (Lipinski definition) is 1. The number of anilines is 1. The topological polar surface area (TPSA) is 49.4 Å². The summed E-state index contributed by atoms with van der Waals surface area (Å²) in [6.07, 6.45) is 0.796. The van der Waals surface area contributed by atoms with Gasteiger partial charge >= 0.3 is 0 Å². The Labute approximate surface area is 156 Å². The summed E-state index contributed by atoms with van der Waals surface area (Å²) in [5.41, 5.74) is 2.99. The van der Waals surface area contributed by atoms with Crippen LogP contribution in [0.2, 0.25) is 5.02 Å². The second-order valence-electron chi connectivity index (χ2n) is 5.93. The number of rotatable bonds is 5. The lowest BCUT2D eigenvalue weighted by Crippen LogP contribution is -2.30. The number of benzene rings is 2. The highest BCUT2D eigenvalue weighted by Crippen LogP contribution is 2.38. The molecular weight excluding hydrogens is 356 g/mol. The molecule has 1 N–H and O–H groups in total. The molecule has 1 unspecified atom stereocenters. The van der Waals surface area contributed by atoms with Gasteiger partial charge in [0, 0.05) is 24.2 Å². The molecule has 0 spiro atoms. The molecule has 25 heavy (non-hydrogen) atoms. The van der Waals surface area contributed by atoms with Crippen molar-refractivity contribution in [1.82, 2.24) is 4.90 Å². The summed E-state index contributed by atoms with van der Waals surface area (Å²) in [4.78, 5) is 25.3. The Morgan fingerprint density at radius 2 is 1.88 bits per heavy atom. The molecule has 6 heteroatoms. The van der Waals surface area contributed by atoms with E-state index in [1.807, 2.05) is 53.4 Å². The largest absolute Gasteiger partial charge is 0.326 e. The van der Waals surface area contributed by atoms with Crippen molar-refractivity contribution in [2.75, 3.05) is 17.6 Å². The first-order valence-electron chi connectivity index (χ1n) is 8.06. The van der Waals surface area contributed by atoms with Crippen LogP contribution in [-0.2, 0) is 16.0 Å². The van der Waals surface area contributed by atoms with Crippen LogP contribution in [-0.4, -0.2) is 29.0 Å². The van der Waals surface area contributed by atoms with E-state index in [0.29, 0.717) is 17.3 Å². The average Bonchev–Trinajstić information content (AvgIpc) is 2.95. The van der Waals surface area contributed by atoms with E-state index in [9.17, 15) is 9.59 Å². The maximum Gasteiger partial charge on any atom is 0.233 e. The molecule has 0 aliphatic carbocycles. The van der Waals surface area contributed by atoms with Gasteiger partial charge in [-0.2, -0.15) is 0 Å². The molecule has 2 amide bonds. The fourth-order valence-electron chi connectivity index (χ4n) is 2.81. The molecule has 1 aliphatic rings. The number of thioether (sulfide) groups is 1. The van der Waals surface area contributed by atoms with Crippen LogP contribution in [0, 0.1) is 0 Å². The van der Waals surface area contributed by atoms with E-state index in [1.54, 1.807) is 11.8 Å².